The number of likely N-dealkylation sites (tertiary alicyclic amines) is 1. The van der Waals surface area contributed by atoms with Crippen LogP contribution in [0.1, 0.15) is 75.2 Å². The van der Waals surface area contributed by atoms with Gasteiger partial charge in [-0.05, 0) is 50.6 Å². The molecular formula is C20H29N5O2. The van der Waals surface area contributed by atoms with Gasteiger partial charge in [0.05, 0.1) is 18.6 Å². The van der Waals surface area contributed by atoms with Crippen molar-refractivity contribution >= 4 is 0 Å². The lowest BCUT2D eigenvalue weighted by Crippen LogP contribution is -2.36. The minimum Gasteiger partial charge on any atom is -0.339 e. The lowest BCUT2D eigenvalue weighted by molar-refractivity contribution is 0.161. The normalized spacial score (nSPS) is 19.5. The molecule has 4 rings (SSSR count). The number of hydrogen-bond donors (Lipinski definition) is 0. The van der Waals surface area contributed by atoms with Gasteiger partial charge in [0.2, 0.25) is 5.89 Å². The first-order valence-electron chi connectivity index (χ1n) is 10.2. The highest BCUT2D eigenvalue weighted by Gasteiger charge is 2.26. The minimum absolute atomic E-state index is 0.0615. The molecule has 0 N–H and O–H groups in total. The van der Waals surface area contributed by atoms with Crippen molar-refractivity contribution in [2.75, 3.05) is 13.1 Å². The molecule has 1 aliphatic carbocycles. The summed E-state index contributed by atoms with van der Waals surface area (Å²) < 4.78 is 7.18. The molecule has 1 aliphatic heterocycles. The number of aromatic nitrogens is 4. The molecule has 2 aromatic heterocycles. The van der Waals surface area contributed by atoms with Crippen molar-refractivity contribution in [1.29, 1.82) is 0 Å². The number of hydrogen-bond acceptors (Lipinski definition) is 6. The van der Waals surface area contributed by atoms with Crippen LogP contribution >= 0.6 is 0 Å². The molecule has 2 fully saturated rings. The van der Waals surface area contributed by atoms with E-state index < -0.39 is 0 Å². The van der Waals surface area contributed by atoms with Crippen LogP contribution < -0.4 is 5.56 Å². The molecule has 2 aromatic rings. The van der Waals surface area contributed by atoms with E-state index in [1.165, 1.54) is 19.3 Å². The minimum atomic E-state index is 0.0615. The Bertz CT molecular complexity index is 816. The van der Waals surface area contributed by atoms with Crippen molar-refractivity contribution in [2.24, 2.45) is 5.92 Å². The third-order valence-corrected chi connectivity index (χ3v) is 5.96. The second-order valence-corrected chi connectivity index (χ2v) is 8.36. The van der Waals surface area contributed by atoms with Crippen molar-refractivity contribution in [3.63, 3.8) is 0 Å². The fourth-order valence-electron chi connectivity index (χ4n) is 3.85. The summed E-state index contributed by atoms with van der Waals surface area (Å²) in [6, 6.07) is 1.68. The lowest BCUT2D eigenvalue weighted by Gasteiger charge is -2.31. The zero-order valence-electron chi connectivity index (χ0n) is 16.3. The quantitative estimate of drug-likeness (QED) is 0.777. The van der Waals surface area contributed by atoms with Gasteiger partial charge >= 0.3 is 0 Å². The SMILES string of the molecule is CC(C)c1cc(=O)n(CC2CCN(Cc3noc(C4CCC4)n3)CC2)cn1. The summed E-state index contributed by atoms with van der Waals surface area (Å²) in [5, 5.41) is 4.15. The molecule has 7 nitrogen and oxygen atoms in total. The van der Waals surface area contributed by atoms with Crippen LogP contribution in [0.15, 0.2) is 21.7 Å². The van der Waals surface area contributed by atoms with Gasteiger partial charge < -0.3 is 4.52 Å². The molecule has 0 atom stereocenters. The van der Waals surface area contributed by atoms with Crippen LogP contribution in [0.4, 0.5) is 0 Å². The van der Waals surface area contributed by atoms with Gasteiger partial charge in [-0.3, -0.25) is 14.3 Å². The molecule has 27 heavy (non-hydrogen) atoms. The summed E-state index contributed by atoms with van der Waals surface area (Å²) in [7, 11) is 0. The van der Waals surface area contributed by atoms with E-state index in [0.29, 0.717) is 11.8 Å². The molecule has 1 saturated heterocycles. The molecule has 0 bridgehead atoms. The average Bonchev–Trinajstić information content (AvgIpc) is 3.04. The van der Waals surface area contributed by atoms with E-state index in [1.807, 2.05) is 0 Å². The summed E-state index contributed by atoms with van der Waals surface area (Å²) in [6.45, 7) is 7.63. The maximum Gasteiger partial charge on any atom is 0.253 e. The first-order chi connectivity index (χ1) is 13.1. The first kappa shape index (κ1) is 18.3. The standard InChI is InChI=1S/C20H29N5O2/c1-14(2)17-10-19(26)25(13-21-17)11-15-6-8-24(9-7-15)12-18-22-20(27-23-18)16-4-3-5-16/h10,13-16H,3-9,11-12H2,1-2H3. The Morgan fingerprint density at radius 2 is 2.00 bits per heavy atom. The van der Waals surface area contributed by atoms with E-state index in [0.717, 1.165) is 56.4 Å². The first-order valence-corrected chi connectivity index (χ1v) is 10.2. The van der Waals surface area contributed by atoms with Gasteiger partial charge in [0.1, 0.15) is 0 Å². The average molecular weight is 371 g/mol. The highest BCUT2D eigenvalue weighted by Crippen LogP contribution is 2.35. The molecule has 0 unspecified atom stereocenters. The summed E-state index contributed by atoms with van der Waals surface area (Å²) in [6.07, 6.45) is 7.50. The number of piperidine rings is 1. The lowest BCUT2D eigenvalue weighted by atomic mass is 9.85. The third-order valence-electron chi connectivity index (χ3n) is 5.96. The molecule has 0 amide bonds. The Morgan fingerprint density at radius 3 is 2.63 bits per heavy atom. The Kier molecular flexibility index (Phi) is 5.38. The highest BCUT2D eigenvalue weighted by molar-refractivity contribution is 5.04. The van der Waals surface area contributed by atoms with E-state index >= 15 is 0 Å². The van der Waals surface area contributed by atoms with Gasteiger partial charge in [-0.1, -0.05) is 25.4 Å². The second kappa shape index (κ2) is 7.92. The maximum atomic E-state index is 12.3. The highest BCUT2D eigenvalue weighted by atomic mass is 16.5. The van der Waals surface area contributed by atoms with Crippen molar-refractivity contribution in [3.8, 4) is 0 Å². The van der Waals surface area contributed by atoms with Crippen LogP contribution in [0, 0.1) is 5.92 Å². The van der Waals surface area contributed by atoms with E-state index in [1.54, 1.807) is 17.0 Å². The number of rotatable bonds is 6. The molecule has 0 aromatic carbocycles. The van der Waals surface area contributed by atoms with Crippen molar-refractivity contribution < 1.29 is 4.52 Å². The zero-order valence-corrected chi connectivity index (χ0v) is 16.3. The van der Waals surface area contributed by atoms with Gasteiger partial charge in [-0.25, -0.2) is 4.98 Å². The van der Waals surface area contributed by atoms with Crippen molar-refractivity contribution in [2.45, 2.75) is 70.9 Å². The maximum absolute atomic E-state index is 12.3. The monoisotopic (exact) mass is 371 g/mol. The molecule has 2 aliphatic rings. The van der Waals surface area contributed by atoms with Crippen LogP contribution in [0.25, 0.3) is 0 Å². The van der Waals surface area contributed by atoms with Crippen LogP contribution in [0.2, 0.25) is 0 Å². The molecule has 0 radical (unpaired) electrons. The molecule has 7 heteroatoms. The van der Waals surface area contributed by atoms with Crippen molar-refractivity contribution in [1.82, 2.24) is 24.6 Å². The van der Waals surface area contributed by atoms with Crippen LogP contribution in [-0.4, -0.2) is 37.7 Å². The predicted molar refractivity (Wildman–Crippen MR) is 101 cm³/mol. The second-order valence-electron chi connectivity index (χ2n) is 8.36. The largest absolute Gasteiger partial charge is 0.339 e. The summed E-state index contributed by atoms with van der Waals surface area (Å²) in [4.78, 5) is 23.7. The fourth-order valence-corrected chi connectivity index (χ4v) is 3.85. The van der Waals surface area contributed by atoms with E-state index in [2.05, 4.69) is 33.9 Å². The Hall–Kier alpha value is -2.02. The Morgan fingerprint density at radius 1 is 1.22 bits per heavy atom. The van der Waals surface area contributed by atoms with E-state index in [4.69, 9.17) is 4.52 Å². The molecule has 3 heterocycles. The molecule has 1 saturated carbocycles. The fraction of sp³-hybridized carbons (Fsp3) is 0.700. The van der Waals surface area contributed by atoms with Gasteiger partial charge in [-0.2, -0.15) is 4.98 Å². The third kappa shape index (κ3) is 4.29. The van der Waals surface area contributed by atoms with Crippen LogP contribution in [-0.2, 0) is 13.1 Å². The van der Waals surface area contributed by atoms with Crippen molar-refractivity contribution in [3.05, 3.63) is 40.2 Å². The zero-order chi connectivity index (χ0) is 18.8. The van der Waals surface area contributed by atoms with Crippen LogP contribution in [0.3, 0.4) is 0 Å². The number of nitrogens with zero attached hydrogens (tertiary/aromatic N) is 5. The van der Waals surface area contributed by atoms with Gasteiger partial charge in [0.15, 0.2) is 5.82 Å². The topological polar surface area (TPSA) is 77.0 Å². The molecular weight excluding hydrogens is 342 g/mol. The summed E-state index contributed by atoms with van der Waals surface area (Å²) in [5.74, 6) is 2.92. The smallest absolute Gasteiger partial charge is 0.253 e. The molecule has 146 valence electrons. The van der Waals surface area contributed by atoms with Gasteiger partial charge in [0.25, 0.3) is 5.56 Å². The molecule has 0 spiro atoms. The van der Waals surface area contributed by atoms with Gasteiger partial charge in [0, 0.05) is 18.5 Å². The predicted octanol–water partition coefficient (Wildman–Crippen LogP) is 2.93. The summed E-state index contributed by atoms with van der Waals surface area (Å²) in [5.41, 5.74) is 0.930. The Labute approximate surface area is 159 Å². The van der Waals surface area contributed by atoms with E-state index in [-0.39, 0.29) is 11.5 Å². The van der Waals surface area contributed by atoms with Gasteiger partial charge in [-0.15, -0.1) is 0 Å². The van der Waals surface area contributed by atoms with Crippen LogP contribution in [0.5, 0.6) is 0 Å². The summed E-state index contributed by atoms with van der Waals surface area (Å²) >= 11 is 0. The van der Waals surface area contributed by atoms with E-state index in [9.17, 15) is 4.79 Å². The Balaban J connectivity index is 1.27.